The van der Waals surface area contributed by atoms with Crippen LogP contribution >= 0.6 is 12.6 Å². The molecule has 5 rings (SSSR count). The Morgan fingerprint density at radius 1 is 1.29 bits per heavy atom. The van der Waals surface area contributed by atoms with Crippen LogP contribution in [0.3, 0.4) is 0 Å². The third kappa shape index (κ3) is 3.37. The van der Waals surface area contributed by atoms with Gasteiger partial charge >= 0.3 is 0 Å². The lowest BCUT2D eigenvalue weighted by Crippen LogP contribution is -2.48. The minimum Gasteiger partial charge on any atom is -0.370 e. The average Bonchev–Trinajstić information content (AvgIpc) is 3.18. The van der Waals surface area contributed by atoms with Crippen molar-refractivity contribution in [3.63, 3.8) is 0 Å². The van der Waals surface area contributed by atoms with Gasteiger partial charge in [0.05, 0.1) is 11.4 Å². The molecule has 128 valence electrons. The monoisotopic (exact) mass is 342 g/mol. The third-order valence-corrected chi connectivity index (χ3v) is 5.62. The van der Waals surface area contributed by atoms with E-state index in [-0.39, 0.29) is 0 Å². The molecule has 2 N–H and O–H groups in total. The van der Waals surface area contributed by atoms with Crippen LogP contribution in [0.4, 0.5) is 0 Å². The van der Waals surface area contributed by atoms with Gasteiger partial charge in [-0.15, -0.1) is 12.6 Å². The molecule has 4 unspecified atom stereocenters. The smallest absolute Gasteiger partial charge is 0.0746 e. The number of nitrogens with zero attached hydrogens (tertiary/aromatic N) is 2. The molecule has 4 atom stereocenters. The van der Waals surface area contributed by atoms with Crippen molar-refractivity contribution in [1.29, 1.82) is 0 Å². The molecule has 0 amide bonds. The van der Waals surface area contributed by atoms with Crippen molar-refractivity contribution >= 4 is 19.3 Å². The second-order valence-electron chi connectivity index (χ2n) is 6.60. The van der Waals surface area contributed by atoms with E-state index in [0.717, 1.165) is 53.3 Å². The van der Waals surface area contributed by atoms with E-state index in [2.05, 4.69) is 46.7 Å². The topological polar surface area (TPSA) is 39.7 Å². The van der Waals surface area contributed by atoms with Crippen LogP contribution in [0.15, 0.2) is 64.4 Å². The van der Waals surface area contributed by atoms with Crippen LogP contribution in [0.5, 0.6) is 0 Å². The highest BCUT2D eigenvalue weighted by atomic mass is 32.1. The van der Waals surface area contributed by atoms with Gasteiger partial charge in [-0.1, -0.05) is 30.9 Å². The maximum absolute atomic E-state index is 4.18. The van der Waals surface area contributed by atoms with Gasteiger partial charge in [0.25, 0.3) is 0 Å². The Labute approximate surface area is 150 Å². The number of benzene rings is 1. The van der Waals surface area contributed by atoms with Gasteiger partial charge in [-0.2, -0.15) is 5.10 Å². The largest absolute Gasteiger partial charge is 0.370 e. The number of likely N-dealkylation sites (tertiary alicyclic amines) is 1. The van der Waals surface area contributed by atoms with Crippen molar-refractivity contribution in [1.82, 2.24) is 15.6 Å². The van der Waals surface area contributed by atoms with Crippen molar-refractivity contribution in [2.45, 2.75) is 30.3 Å². The molecular weight excluding hydrogens is 316 g/mol. The second-order valence-corrected chi connectivity index (χ2v) is 7.12. The SMILES string of the molecule is C=NN/C(=C\C)C(=C)N1CC2C3CC(N3)C2C1.Sc1ccccc1. The molecule has 4 nitrogen and oxygen atoms in total. The second kappa shape index (κ2) is 7.45. The predicted molar refractivity (Wildman–Crippen MR) is 103 cm³/mol. The maximum atomic E-state index is 4.18. The number of nitrogens with one attached hydrogen (secondary N) is 2. The zero-order chi connectivity index (χ0) is 17.1. The lowest BCUT2D eigenvalue weighted by Gasteiger charge is -2.33. The summed E-state index contributed by atoms with van der Waals surface area (Å²) in [5.41, 5.74) is 4.94. The number of allylic oxidation sites excluding steroid dienone is 1. The molecule has 1 aliphatic carbocycles. The van der Waals surface area contributed by atoms with E-state index in [0.29, 0.717) is 0 Å². The zero-order valence-corrected chi connectivity index (χ0v) is 15.0. The van der Waals surface area contributed by atoms with Crippen LogP contribution in [0.2, 0.25) is 0 Å². The van der Waals surface area contributed by atoms with Crippen LogP contribution in [-0.2, 0) is 0 Å². The highest BCUT2D eigenvalue weighted by Crippen LogP contribution is 2.46. The molecule has 1 aromatic rings. The summed E-state index contributed by atoms with van der Waals surface area (Å²) < 4.78 is 0. The molecule has 1 aromatic carbocycles. The Balaban J connectivity index is 0.000000203. The molecule has 5 heteroatoms. The third-order valence-electron chi connectivity index (χ3n) is 5.32. The number of rotatable bonds is 4. The van der Waals surface area contributed by atoms with E-state index >= 15 is 0 Å². The van der Waals surface area contributed by atoms with Crippen molar-refractivity contribution in [3.05, 3.63) is 54.4 Å². The fourth-order valence-corrected chi connectivity index (χ4v) is 4.20. The highest BCUT2D eigenvalue weighted by Gasteiger charge is 2.55. The van der Waals surface area contributed by atoms with Gasteiger partial charge in [-0.25, -0.2) is 0 Å². The molecule has 4 fully saturated rings. The van der Waals surface area contributed by atoms with Crippen LogP contribution in [-0.4, -0.2) is 36.8 Å². The zero-order valence-electron chi connectivity index (χ0n) is 14.2. The number of hydrogen-bond acceptors (Lipinski definition) is 5. The summed E-state index contributed by atoms with van der Waals surface area (Å²) in [5, 5.41) is 7.36. The van der Waals surface area contributed by atoms with Crippen LogP contribution in [0, 0.1) is 11.8 Å². The summed E-state index contributed by atoms with van der Waals surface area (Å²) in [6, 6.07) is 11.3. The standard InChI is InChI=1S/C13H20N4.C6H6S/c1-4-11(16-14-3)8(2)17-6-9-10(7-17)13-5-12(9)15-13;7-6-4-2-1-3-5-6/h4,9-10,12-13,15-16H,2-3,5-7H2,1H3;1-5,7H/b11-4-;. The fraction of sp³-hybridized carbons (Fsp3) is 0.421. The number of hydrazone groups is 1. The van der Waals surface area contributed by atoms with Crippen molar-refractivity contribution in [2.24, 2.45) is 16.9 Å². The van der Waals surface area contributed by atoms with E-state index in [9.17, 15) is 0 Å². The quantitative estimate of drug-likeness (QED) is 0.341. The van der Waals surface area contributed by atoms with Gasteiger partial charge in [0, 0.05) is 36.8 Å². The molecule has 0 radical (unpaired) electrons. The molecule has 0 spiro atoms. The molecule has 2 bridgehead atoms. The maximum Gasteiger partial charge on any atom is 0.0746 e. The Morgan fingerprint density at radius 2 is 1.88 bits per heavy atom. The van der Waals surface area contributed by atoms with Gasteiger partial charge < -0.3 is 10.2 Å². The molecule has 1 saturated carbocycles. The van der Waals surface area contributed by atoms with Gasteiger partial charge in [-0.3, -0.25) is 5.43 Å². The summed E-state index contributed by atoms with van der Waals surface area (Å²) in [6.07, 6.45) is 3.39. The Morgan fingerprint density at radius 3 is 2.29 bits per heavy atom. The predicted octanol–water partition coefficient (Wildman–Crippen LogP) is 2.88. The first-order valence-electron chi connectivity index (χ1n) is 8.46. The lowest BCUT2D eigenvalue weighted by molar-refractivity contribution is 0.270. The lowest BCUT2D eigenvalue weighted by atomic mass is 10.0. The molecule has 3 saturated heterocycles. The first kappa shape index (κ1) is 17.1. The molecule has 24 heavy (non-hydrogen) atoms. The van der Waals surface area contributed by atoms with Crippen LogP contribution in [0.1, 0.15) is 13.3 Å². The van der Waals surface area contributed by atoms with Crippen molar-refractivity contribution in [3.8, 4) is 0 Å². The molecule has 0 aromatic heterocycles. The highest BCUT2D eigenvalue weighted by molar-refractivity contribution is 7.80. The van der Waals surface area contributed by atoms with E-state index < -0.39 is 0 Å². The number of thiol groups is 1. The van der Waals surface area contributed by atoms with Crippen molar-refractivity contribution in [2.75, 3.05) is 13.1 Å². The molecule has 4 aliphatic rings. The van der Waals surface area contributed by atoms with Gasteiger partial charge in [-0.05, 0) is 37.3 Å². The molecule has 3 heterocycles. The summed E-state index contributed by atoms with van der Waals surface area (Å²) >= 11 is 4.08. The molecular formula is C19H26N4S. The fourth-order valence-electron chi connectivity index (χ4n) is 4.03. The molecule has 3 aliphatic heterocycles. The van der Waals surface area contributed by atoms with E-state index in [4.69, 9.17) is 0 Å². The van der Waals surface area contributed by atoms with Crippen molar-refractivity contribution < 1.29 is 0 Å². The summed E-state index contributed by atoms with van der Waals surface area (Å²) in [5.74, 6) is 1.65. The average molecular weight is 343 g/mol. The first-order valence-corrected chi connectivity index (χ1v) is 8.91. The first-order chi connectivity index (χ1) is 11.6. The van der Waals surface area contributed by atoms with Gasteiger partial charge in [0.2, 0.25) is 0 Å². The minimum atomic E-state index is 0.766. The summed E-state index contributed by atoms with van der Waals surface area (Å²) in [4.78, 5) is 3.41. The van der Waals surface area contributed by atoms with E-state index in [1.54, 1.807) is 0 Å². The van der Waals surface area contributed by atoms with Gasteiger partial charge in [0.15, 0.2) is 0 Å². The van der Waals surface area contributed by atoms with Crippen LogP contribution in [0.25, 0.3) is 0 Å². The Bertz CT molecular complexity index is 606. The van der Waals surface area contributed by atoms with Crippen LogP contribution < -0.4 is 10.7 Å². The summed E-state index contributed by atoms with van der Waals surface area (Å²) in [7, 11) is 0. The van der Waals surface area contributed by atoms with E-state index in [1.165, 1.54) is 6.42 Å². The normalized spacial score (nSPS) is 29.9. The Kier molecular flexibility index (Phi) is 5.31. The minimum absolute atomic E-state index is 0.766. The number of hydrogen-bond donors (Lipinski definition) is 3. The Hall–Kier alpha value is -1.72. The summed E-state index contributed by atoms with van der Waals surface area (Å²) in [6.45, 7) is 11.9. The van der Waals surface area contributed by atoms with E-state index in [1.807, 2.05) is 43.3 Å². The van der Waals surface area contributed by atoms with Gasteiger partial charge in [0.1, 0.15) is 0 Å².